The molecule has 0 radical (unpaired) electrons. The third-order valence-corrected chi connectivity index (χ3v) is 6.87. The lowest BCUT2D eigenvalue weighted by atomic mass is 10.0. The highest BCUT2D eigenvalue weighted by molar-refractivity contribution is 5.97. The Labute approximate surface area is 119 Å². The molecule has 3 saturated carbocycles. The van der Waals surface area contributed by atoms with E-state index >= 15 is 0 Å². The van der Waals surface area contributed by atoms with Crippen molar-refractivity contribution in [3.63, 3.8) is 0 Å². The summed E-state index contributed by atoms with van der Waals surface area (Å²) in [6, 6.07) is 0.0694. The highest BCUT2D eigenvalue weighted by Crippen LogP contribution is 2.67. The summed E-state index contributed by atoms with van der Waals surface area (Å²) in [5, 5.41) is 0. The van der Waals surface area contributed by atoms with Gasteiger partial charge in [0.2, 0.25) is 11.8 Å². The van der Waals surface area contributed by atoms with Crippen molar-refractivity contribution < 1.29 is 9.59 Å². The molecule has 0 aromatic heterocycles. The van der Waals surface area contributed by atoms with Gasteiger partial charge in [0.25, 0.3) is 0 Å². The number of amides is 2. The molecule has 2 saturated heterocycles. The highest BCUT2D eigenvalue weighted by Gasteiger charge is 2.69. The average Bonchev–Trinajstić information content (AvgIpc) is 2.89. The van der Waals surface area contributed by atoms with Gasteiger partial charge < -0.3 is 9.80 Å². The van der Waals surface area contributed by atoms with E-state index < -0.39 is 0 Å². The molecule has 4 nitrogen and oxygen atoms in total. The van der Waals surface area contributed by atoms with E-state index in [9.17, 15) is 9.59 Å². The van der Waals surface area contributed by atoms with Crippen LogP contribution in [0.4, 0.5) is 0 Å². The van der Waals surface area contributed by atoms with Gasteiger partial charge in [0.15, 0.2) is 0 Å². The summed E-state index contributed by atoms with van der Waals surface area (Å²) >= 11 is 0. The first-order valence-electron chi connectivity index (χ1n) is 8.31. The van der Waals surface area contributed by atoms with Crippen LogP contribution >= 0.6 is 0 Å². The summed E-state index contributed by atoms with van der Waals surface area (Å²) in [5.74, 6) is 3.64. The number of piperazine rings is 1. The molecule has 3 aliphatic carbocycles. The van der Waals surface area contributed by atoms with E-state index in [1.807, 2.05) is 16.7 Å². The van der Waals surface area contributed by atoms with E-state index in [2.05, 4.69) is 0 Å². The van der Waals surface area contributed by atoms with Crippen LogP contribution in [0.2, 0.25) is 0 Å². The molecule has 6 unspecified atom stereocenters. The van der Waals surface area contributed by atoms with Crippen molar-refractivity contribution in [3.05, 3.63) is 0 Å². The largest absolute Gasteiger partial charge is 0.329 e. The first-order valence-corrected chi connectivity index (χ1v) is 8.31. The lowest BCUT2D eigenvalue weighted by molar-refractivity contribution is -0.160. The quantitative estimate of drug-likeness (QED) is 0.722. The van der Waals surface area contributed by atoms with Crippen LogP contribution in [0, 0.1) is 23.7 Å². The zero-order valence-corrected chi connectivity index (χ0v) is 12.0. The molecule has 5 fully saturated rings. The molecular weight excluding hydrogens is 252 g/mol. The fourth-order valence-electron chi connectivity index (χ4n) is 6.06. The Morgan fingerprint density at radius 3 is 2.40 bits per heavy atom. The number of carbonyl (C=O) groups excluding carboxylic acids is 2. The van der Waals surface area contributed by atoms with Gasteiger partial charge in [-0.05, 0) is 62.7 Å². The second-order valence-electron chi connectivity index (χ2n) is 7.59. The predicted molar refractivity (Wildman–Crippen MR) is 72.6 cm³/mol. The Morgan fingerprint density at radius 1 is 1.00 bits per heavy atom. The number of carbonyl (C=O) groups is 2. The molecule has 4 heteroatoms. The van der Waals surface area contributed by atoms with Gasteiger partial charge in [0, 0.05) is 12.6 Å². The van der Waals surface area contributed by atoms with Gasteiger partial charge in [-0.15, -0.1) is 0 Å². The minimum absolute atomic E-state index is 0.127. The Hall–Kier alpha value is -1.06. The standard InChI is InChI=1S/C16H22N2O2/c1-8-15(19)17-6-2-3-11(17)16(20)18(8)14-12-9-4-5-10(7-9)13(12)14/h8-14H,2-7H2,1H3. The van der Waals surface area contributed by atoms with Gasteiger partial charge >= 0.3 is 0 Å². The van der Waals surface area contributed by atoms with Gasteiger partial charge in [-0.25, -0.2) is 0 Å². The minimum atomic E-state index is -0.216. The SMILES string of the molecule is CC1C(=O)N2CCCC2C(=O)N1C1C2C3CCC(C3)C21. The molecule has 2 bridgehead atoms. The van der Waals surface area contributed by atoms with E-state index in [0.29, 0.717) is 6.04 Å². The molecule has 20 heavy (non-hydrogen) atoms. The smallest absolute Gasteiger partial charge is 0.246 e. The minimum Gasteiger partial charge on any atom is -0.329 e. The Morgan fingerprint density at radius 2 is 1.70 bits per heavy atom. The van der Waals surface area contributed by atoms with Crippen LogP contribution in [-0.4, -0.2) is 46.3 Å². The molecule has 2 aliphatic heterocycles. The first-order chi connectivity index (χ1) is 9.68. The summed E-state index contributed by atoms with van der Waals surface area (Å²) in [6.07, 6.45) is 5.99. The van der Waals surface area contributed by atoms with Crippen molar-refractivity contribution in [2.24, 2.45) is 23.7 Å². The fourth-order valence-corrected chi connectivity index (χ4v) is 6.06. The van der Waals surface area contributed by atoms with Gasteiger partial charge in [0.1, 0.15) is 12.1 Å². The molecule has 0 spiro atoms. The molecule has 0 N–H and O–H groups in total. The van der Waals surface area contributed by atoms with Gasteiger partial charge in [-0.3, -0.25) is 9.59 Å². The maximum Gasteiger partial charge on any atom is 0.246 e. The molecule has 5 rings (SSSR count). The molecule has 0 aromatic rings. The van der Waals surface area contributed by atoms with E-state index in [1.165, 1.54) is 19.3 Å². The third-order valence-electron chi connectivity index (χ3n) is 6.87. The van der Waals surface area contributed by atoms with Crippen molar-refractivity contribution in [1.82, 2.24) is 9.80 Å². The van der Waals surface area contributed by atoms with E-state index in [4.69, 9.17) is 0 Å². The van der Waals surface area contributed by atoms with E-state index in [-0.39, 0.29) is 23.9 Å². The van der Waals surface area contributed by atoms with Crippen LogP contribution in [0.5, 0.6) is 0 Å². The van der Waals surface area contributed by atoms with Crippen LogP contribution in [0.3, 0.4) is 0 Å². The lowest BCUT2D eigenvalue weighted by Crippen LogP contribution is -2.63. The third kappa shape index (κ3) is 1.20. The van der Waals surface area contributed by atoms with Crippen molar-refractivity contribution in [3.8, 4) is 0 Å². The van der Waals surface area contributed by atoms with Crippen LogP contribution in [0.25, 0.3) is 0 Å². The monoisotopic (exact) mass is 274 g/mol. The molecule has 0 aromatic carbocycles. The van der Waals surface area contributed by atoms with Crippen molar-refractivity contribution in [2.75, 3.05) is 6.54 Å². The molecule has 6 atom stereocenters. The van der Waals surface area contributed by atoms with Crippen LogP contribution in [0.1, 0.15) is 39.0 Å². The average molecular weight is 274 g/mol. The number of fused-ring (bicyclic) bond motifs is 6. The lowest BCUT2D eigenvalue weighted by Gasteiger charge is -2.42. The normalized spacial score (nSPS) is 52.5. The molecule has 2 heterocycles. The maximum absolute atomic E-state index is 12.8. The van der Waals surface area contributed by atoms with Crippen LogP contribution < -0.4 is 0 Å². The van der Waals surface area contributed by atoms with Gasteiger partial charge in [-0.1, -0.05) is 0 Å². The number of nitrogens with zero attached hydrogens (tertiary/aromatic N) is 2. The number of hydrogen-bond donors (Lipinski definition) is 0. The second-order valence-corrected chi connectivity index (χ2v) is 7.59. The topological polar surface area (TPSA) is 40.6 Å². The van der Waals surface area contributed by atoms with Crippen molar-refractivity contribution in [1.29, 1.82) is 0 Å². The zero-order valence-electron chi connectivity index (χ0n) is 12.0. The predicted octanol–water partition coefficient (Wildman–Crippen LogP) is 1.25. The Kier molecular flexibility index (Phi) is 2.07. The molecular formula is C16H22N2O2. The van der Waals surface area contributed by atoms with E-state index in [0.717, 1.165) is 43.1 Å². The zero-order chi connectivity index (χ0) is 13.6. The first kappa shape index (κ1) is 11.6. The summed E-state index contributed by atoms with van der Waals surface area (Å²) < 4.78 is 0. The van der Waals surface area contributed by atoms with E-state index in [1.54, 1.807) is 0 Å². The molecule has 2 amide bonds. The number of rotatable bonds is 1. The maximum atomic E-state index is 12.8. The van der Waals surface area contributed by atoms with Crippen molar-refractivity contribution >= 4 is 11.8 Å². The fraction of sp³-hybridized carbons (Fsp3) is 0.875. The Bertz CT molecular complexity index is 489. The van der Waals surface area contributed by atoms with Gasteiger partial charge in [0.05, 0.1) is 0 Å². The highest BCUT2D eigenvalue weighted by atomic mass is 16.2. The molecule has 5 aliphatic rings. The van der Waals surface area contributed by atoms with Crippen LogP contribution in [0.15, 0.2) is 0 Å². The van der Waals surface area contributed by atoms with Crippen molar-refractivity contribution in [2.45, 2.75) is 57.2 Å². The summed E-state index contributed by atoms with van der Waals surface area (Å²) in [4.78, 5) is 29.2. The van der Waals surface area contributed by atoms with Crippen LogP contribution in [-0.2, 0) is 9.59 Å². The number of hydrogen-bond acceptors (Lipinski definition) is 2. The Balaban J connectivity index is 1.46. The van der Waals surface area contributed by atoms with Gasteiger partial charge in [-0.2, -0.15) is 0 Å². The summed E-state index contributed by atoms with van der Waals surface area (Å²) in [7, 11) is 0. The summed E-state index contributed by atoms with van der Waals surface area (Å²) in [6.45, 7) is 2.74. The molecule has 108 valence electrons. The summed E-state index contributed by atoms with van der Waals surface area (Å²) in [5.41, 5.74) is 0. The second kappa shape index (κ2) is 3.58.